The maximum atomic E-state index is 12.9. The maximum absolute atomic E-state index is 12.9. The molecule has 0 unspecified atom stereocenters. The van der Waals surface area contributed by atoms with E-state index in [0.717, 1.165) is 30.4 Å². The van der Waals surface area contributed by atoms with Crippen LogP contribution in [0.5, 0.6) is 0 Å². The second-order valence-electron chi connectivity index (χ2n) is 6.07. The van der Waals surface area contributed by atoms with Crippen molar-refractivity contribution in [3.8, 4) is 0 Å². The summed E-state index contributed by atoms with van der Waals surface area (Å²) in [4.78, 5) is 12.6. The lowest BCUT2D eigenvalue weighted by atomic mass is 9.95. The predicted octanol–water partition coefficient (Wildman–Crippen LogP) is 3.31. The van der Waals surface area contributed by atoms with E-state index in [1.807, 2.05) is 13.0 Å². The summed E-state index contributed by atoms with van der Waals surface area (Å²) in [5, 5.41) is -0.461. The minimum atomic E-state index is -3.38. The van der Waals surface area contributed by atoms with Gasteiger partial charge in [-0.25, -0.2) is 8.42 Å². The van der Waals surface area contributed by atoms with Crippen molar-refractivity contribution < 1.29 is 13.2 Å². The van der Waals surface area contributed by atoms with Gasteiger partial charge in [0.15, 0.2) is 15.6 Å². The molecule has 2 atom stereocenters. The van der Waals surface area contributed by atoms with E-state index in [2.05, 4.69) is 0 Å². The molecule has 1 fully saturated rings. The summed E-state index contributed by atoms with van der Waals surface area (Å²) >= 11 is 0. The molecule has 0 aromatic heterocycles. The van der Waals surface area contributed by atoms with E-state index in [-0.39, 0.29) is 11.7 Å². The van der Waals surface area contributed by atoms with E-state index in [1.54, 1.807) is 24.3 Å². The Bertz CT molecular complexity index is 686. The summed E-state index contributed by atoms with van der Waals surface area (Å²) in [5.74, 6) is 0.0611. The number of benzene rings is 1. The zero-order chi connectivity index (χ0) is 15.0. The van der Waals surface area contributed by atoms with Gasteiger partial charge in [0.2, 0.25) is 0 Å². The quantitative estimate of drug-likeness (QED) is 0.842. The van der Waals surface area contributed by atoms with Crippen molar-refractivity contribution in [2.75, 3.05) is 0 Å². The predicted molar refractivity (Wildman–Crippen MR) is 81.7 cm³/mol. The third-order valence-corrected chi connectivity index (χ3v) is 6.95. The highest BCUT2D eigenvalue weighted by Gasteiger charge is 2.44. The maximum Gasteiger partial charge on any atom is 0.182 e. The van der Waals surface area contributed by atoms with Gasteiger partial charge >= 0.3 is 0 Å². The van der Waals surface area contributed by atoms with Crippen LogP contribution in [0.25, 0.3) is 0 Å². The number of rotatable bonds is 2. The lowest BCUT2D eigenvalue weighted by Crippen LogP contribution is -2.28. The van der Waals surface area contributed by atoms with Crippen molar-refractivity contribution in [1.82, 2.24) is 0 Å². The van der Waals surface area contributed by atoms with Crippen molar-refractivity contribution in [1.29, 1.82) is 0 Å². The number of sulfone groups is 1. The third kappa shape index (κ3) is 2.46. The molecular weight excluding hydrogens is 284 g/mol. The van der Waals surface area contributed by atoms with Crippen LogP contribution in [-0.2, 0) is 14.6 Å². The van der Waals surface area contributed by atoms with Crippen LogP contribution in [0, 0.1) is 5.92 Å². The van der Waals surface area contributed by atoms with Gasteiger partial charge in [0.05, 0.1) is 10.1 Å². The number of allylic oxidation sites excluding steroid dienone is 2. The largest absolute Gasteiger partial charge is 0.295 e. The number of hydrogen-bond donors (Lipinski definition) is 0. The van der Waals surface area contributed by atoms with Crippen molar-refractivity contribution in [3.63, 3.8) is 0 Å². The highest BCUT2D eigenvalue weighted by Crippen LogP contribution is 2.43. The Hall–Kier alpha value is -1.42. The summed E-state index contributed by atoms with van der Waals surface area (Å²) < 4.78 is 25.8. The van der Waals surface area contributed by atoms with Crippen LogP contribution < -0.4 is 0 Å². The first-order valence-electron chi connectivity index (χ1n) is 7.53. The molecule has 0 bridgehead atoms. The number of Topliss-reactive ketones (excluding diaryl/α,β-unsaturated/α-hetero) is 1. The molecule has 3 nitrogen and oxygen atoms in total. The average Bonchev–Trinajstić information content (AvgIpc) is 2.69. The average molecular weight is 304 g/mol. The normalized spacial score (nSPS) is 26.6. The molecule has 1 saturated carbocycles. The second-order valence-corrected chi connectivity index (χ2v) is 8.24. The lowest BCUT2D eigenvalue weighted by Gasteiger charge is -2.21. The molecule has 0 spiro atoms. The van der Waals surface area contributed by atoms with Crippen LogP contribution in [-0.4, -0.2) is 19.5 Å². The molecule has 0 heterocycles. The smallest absolute Gasteiger partial charge is 0.182 e. The van der Waals surface area contributed by atoms with Crippen LogP contribution in [0.2, 0.25) is 0 Å². The van der Waals surface area contributed by atoms with E-state index in [0.29, 0.717) is 17.7 Å². The molecule has 3 rings (SSSR count). The van der Waals surface area contributed by atoms with Gasteiger partial charge in [-0.3, -0.25) is 4.79 Å². The monoisotopic (exact) mass is 304 g/mol. The molecule has 112 valence electrons. The molecule has 2 aliphatic carbocycles. The van der Waals surface area contributed by atoms with Crippen LogP contribution in [0.3, 0.4) is 0 Å². The number of ketones is 1. The molecule has 0 amide bonds. The molecule has 21 heavy (non-hydrogen) atoms. The van der Waals surface area contributed by atoms with Gasteiger partial charge in [0, 0.05) is 12.3 Å². The summed E-state index contributed by atoms with van der Waals surface area (Å²) in [5.41, 5.74) is 1.80. The number of hydrogen-bond acceptors (Lipinski definition) is 3. The topological polar surface area (TPSA) is 51.2 Å². The van der Waals surface area contributed by atoms with Crippen molar-refractivity contribution >= 4 is 15.6 Å². The summed E-state index contributed by atoms with van der Waals surface area (Å²) in [6, 6.07) is 8.63. The first kappa shape index (κ1) is 14.5. The van der Waals surface area contributed by atoms with Gasteiger partial charge in [0.25, 0.3) is 0 Å². The Balaban J connectivity index is 2.00. The molecular formula is C17H20O3S. The SMILES string of the molecule is CC1=C2C(=O)CCCC[C@@H]2[C@@H](S(=O)(=O)c2ccccc2)C1. The van der Waals surface area contributed by atoms with E-state index in [9.17, 15) is 13.2 Å². The molecule has 4 heteroatoms. The van der Waals surface area contributed by atoms with Gasteiger partial charge in [0.1, 0.15) is 0 Å². The van der Waals surface area contributed by atoms with Gasteiger partial charge in [-0.05, 0) is 43.9 Å². The highest BCUT2D eigenvalue weighted by atomic mass is 32.2. The number of carbonyl (C=O) groups excluding carboxylic acids is 1. The number of carbonyl (C=O) groups is 1. The Morgan fingerprint density at radius 1 is 1.10 bits per heavy atom. The summed E-state index contributed by atoms with van der Waals surface area (Å²) in [6.07, 6.45) is 3.71. The number of fused-ring (bicyclic) bond motifs is 1. The van der Waals surface area contributed by atoms with Crippen LogP contribution >= 0.6 is 0 Å². The van der Waals surface area contributed by atoms with Gasteiger partial charge < -0.3 is 0 Å². The zero-order valence-electron chi connectivity index (χ0n) is 12.2. The zero-order valence-corrected chi connectivity index (χ0v) is 13.0. The Labute approximate surface area is 126 Å². The second kappa shape index (κ2) is 5.41. The van der Waals surface area contributed by atoms with E-state index >= 15 is 0 Å². The summed E-state index contributed by atoms with van der Waals surface area (Å²) in [6.45, 7) is 1.92. The van der Waals surface area contributed by atoms with Crippen LogP contribution in [0.4, 0.5) is 0 Å². The molecule has 1 aromatic rings. The minimum absolute atomic E-state index is 0.106. The first-order chi connectivity index (χ1) is 10.0. The van der Waals surface area contributed by atoms with Gasteiger partial charge in [-0.2, -0.15) is 0 Å². The van der Waals surface area contributed by atoms with E-state index in [1.165, 1.54) is 0 Å². The van der Waals surface area contributed by atoms with E-state index < -0.39 is 15.1 Å². The fourth-order valence-corrected chi connectivity index (χ4v) is 5.79. The fraction of sp³-hybridized carbons (Fsp3) is 0.471. The fourth-order valence-electron chi connectivity index (χ4n) is 3.73. The Kier molecular flexibility index (Phi) is 3.74. The molecule has 0 N–H and O–H groups in total. The van der Waals surface area contributed by atoms with Crippen LogP contribution in [0.1, 0.15) is 39.0 Å². The molecule has 0 aliphatic heterocycles. The Morgan fingerprint density at radius 3 is 2.52 bits per heavy atom. The Morgan fingerprint density at radius 2 is 1.81 bits per heavy atom. The molecule has 0 radical (unpaired) electrons. The van der Waals surface area contributed by atoms with Crippen molar-refractivity contribution in [3.05, 3.63) is 41.5 Å². The molecule has 2 aliphatic rings. The third-order valence-electron chi connectivity index (χ3n) is 4.73. The first-order valence-corrected chi connectivity index (χ1v) is 9.08. The van der Waals surface area contributed by atoms with Crippen LogP contribution in [0.15, 0.2) is 46.4 Å². The minimum Gasteiger partial charge on any atom is -0.295 e. The standard InChI is InChI=1S/C17H20O3S/c1-12-11-16(14-9-5-6-10-15(18)17(12)14)21(19,20)13-7-3-2-4-8-13/h2-4,7-8,14,16H,5-6,9-11H2,1H3/t14-,16+/m1/s1. The highest BCUT2D eigenvalue weighted by molar-refractivity contribution is 7.92. The van der Waals surface area contributed by atoms with Crippen molar-refractivity contribution in [2.45, 2.75) is 49.2 Å². The summed E-state index contributed by atoms with van der Waals surface area (Å²) in [7, 11) is -3.38. The molecule has 1 aromatic carbocycles. The van der Waals surface area contributed by atoms with Gasteiger partial charge in [-0.15, -0.1) is 0 Å². The lowest BCUT2D eigenvalue weighted by molar-refractivity contribution is -0.115. The van der Waals surface area contributed by atoms with Gasteiger partial charge in [-0.1, -0.05) is 30.2 Å². The van der Waals surface area contributed by atoms with Crippen molar-refractivity contribution in [2.24, 2.45) is 5.92 Å². The van der Waals surface area contributed by atoms with E-state index in [4.69, 9.17) is 0 Å². The molecule has 0 saturated heterocycles.